The van der Waals surface area contributed by atoms with Crippen LogP contribution < -0.4 is 4.72 Å². The van der Waals surface area contributed by atoms with E-state index >= 15 is 0 Å². The first-order valence-electron chi connectivity index (χ1n) is 3.76. The minimum atomic E-state index is -0.852. The molecule has 5 heteroatoms. The SMILES string of the molecule is CC1(C)SNC(=O)C(C)(C)N1O. The fourth-order valence-corrected chi connectivity index (χ4v) is 2.02. The summed E-state index contributed by atoms with van der Waals surface area (Å²) >= 11 is 1.22. The molecule has 0 bridgehead atoms. The number of hydroxylamine groups is 2. The summed E-state index contributed by atoms with van der Waals surface area (Å²) in [4.78, 5) is 10.8. The highest BCUT2D eigenvalue weighted by Crippen LogP contribution is 2.35. The van der Waals surface area contributed by atoms with Crippen molar-refractivity contribution >= 4 is 17.9 Å². The van der Waals surface area contributed by atoms with E-state index in [9.17, 15) is 10.0 Å². The van der Waals surface area contributed by atoms with Gasteiger partial charge >= 0.3 is 0 Å². The van der Waals surface area contributed by atoms with E-state index in [1.165, 1.54) is 11.9 Å². The maximum atomic E-state index is 11.3. The van der Waals surface area contributed by atoms with Crippen LogP contribution in [0.2, 0.25) is 0 Å². The summed E-state index contributed by atoms with van der Waals surface area (Å²) in [5, 5.41) is 10.8. The highest BCUT2D eigenvalue weighted by Gasteiger charge is 2.47. The van der Waals surface area contributed by atoms with Gasteiger partial charge in [0.15, 0.2) is 0 Å². The van der Waals surface area contributed by atoms with Crippen LogP contribution in [0.25, 0.3) is 0 Å². The topological polar surface area (TPSA) is 52.6 Å². The third-order valence-electron chi connectivity index (χ3n) is 1.99. The molecule has 12 heavy (non-hydrogen) atoms. The number of amides is 1. The van der Waals surface area contributed by atoms with Gasteiger partial charge in [0.25, 0.3) is 5.91 Å². The summed E-state index contributed by atoms with van der Waals surface area (Å²) in [6.07, 6.45) is 0. The van der Waals surface area contributed by atoms with Gasteiger partial charge in [-0.1, -0.05) is 0 Å². The minimum Gasteiger partial charge on any atom is -0.312 e. The summed E-state index contributed by atoms with van der Waals surface area (Å²) in [6, 6.07) is 0. The summed E-state index contributed by atoms with van der Waals surface area (Å²) < 4.78 is 2.67. The van der Waals surface area contributed by atoms with Crippen LogP contribution in [0.15, 0.2) is 0 Å². The van der Waals surface area contributed by atoms with Crippen molar-refractivity contribution < 1.29 is 10.0 Å². The molecule has 0 atom stereocenters. The second-order valence-corrected chi connectivity index (χ2v) is 5.26. The summed E-state index contributed by atoms with van der Waals surface area (Å²) in [6.45, 7) is 7.06. The van der Waals surface area contributed by atoms with E-state index in [0.29, 0.717) is 0 Å². The second-order valence-electron chi connectivity index (χ2n) is 3.85. The van der Waals surface area contributed by atoms with Crippen LogP contribution in [-0.2, 0) is 4.79 Å². The highest BCUT2D eigenvalue weighted by atomic mass is 32.2. The van der Waals surface area contributed by atoms with E-state index in [1.807, 2.05) is 13.8 Å². The molecule has 0 saturated carbocycles. The molecule has 1 aliphatic rings. The molecule has 0 spiro atoms. The van der Waals surface area contributed by atoms with E-state index in [1.54, 1.807) is 13.8 Å². The number of nitrogens with one attached hydrogen (secondary N) is 1. The molecule has 1 fully saturated rings. The van der Waals surface area contributed by atoms with Crippen LogP contribution in [-0.4, -0.2) is 26.6 Å². The molecule has 1 rings (SSSR count). The van der Waals surface area contributed by atoms with Crippen LogP contribution in [0.5, 0.6) is 0 Å². The van der Waals surface area contributed by atoms with Gasteiger partial charge in [0, 0.05) is 0 Å². The van der Waals surface area contributed by atoms with Crippen LogP contribution in [0.4, 0.5) is 0 Å². The maximum Gasteiger partial charge on any atom is 0.252 e. The number of nitrogens with zero attached hydrogens (tertiary/aromatic N) is 1. The maximum absolute atomic E-state index is 11.3. The van der Waals surface area contributed by atoms with Crippen LogP contribution in [0, 0.1) is 0 Å². The molecule has 0 aromatic carbocycles. The number of hydrogen-bond acceptors (Lipinski definition) is 4. The van der Waals surface area contributed by atoms with Gasteiger partial charge in [0.05, 0.1) is 0 Å². The molecule has 1 saturated heterocycles. The van der Waals surface area contributed by atoms with E-state index in [2.05, 4.69) is 4.72 Å². The average Bonchev–Trinajstić information content (AvgIpc) is 1.96. The molecular formula is C7H14N2O2S. The predicted octanol–water partition coefficient (Wildman–Crippen LogP) is 0.970. The summed E-state index contributed by atoms with van der Waals surface area (Å²) in [5.74, 6) is -0.172. The zero-order chi connectivity index (χ0) is 9.57. The fourth-order valence-electron chi connectivity index (χ4n) is 1.11. The van der Waals surface area contributed by atoms with Gasteiger partial charge in [-0.15, -0.1) is 0 Å². The smallest absolute Gasteiger partial charge is 0.252 e. The Balaban J connectivity index is 2.93. The lowest BCUT2D eigenvalue weighted by atomic mass is 10.0. The molecule has 1 heterocycles. The van der Waals surface area contributed by atoms with Gasteiger partial charge in [-0.25, -0.2) is 0 Å². The largest absolute Gasteiger partial charge is 0.312 e. The normalized spacial score (nSPS) is 28.2. The third-order valence-corrected chi connectivity index (χ3v) is 2.95. The monoisotopic (exact) mass is 190 g/mol. The van der Waals surface area contributed by atoms with Crippen molar-refractivity contribution in [2.75, 3.05) is 0 Å². The lowest BCUT2D eigenvalue weighted by Gasteiger charge is -2.46. The average molecular weight is 190 g/mol. The van der Waals surface area contributed by atoms with Crippen molar-refractivity contribution in [1.82, 2.24) is 9.79 Å². The summed E-state index contributed by atoms with van der Waals surface area (Å²) in [5.41, 5.74) is -0.852. The molecule has 1 aliphatic heterocycles. The van der Waals surface area contributed by atoms with Crippen molar-refractivity contribution in [1.29, 1.82) is 0 Å². The Labute approximate surface area is 76.4 Å². The lowest BCUT2D eigenvalue weighted by molar-refractivity contribution is -0.202. The number of rotatable bonds is 0. The van der Waals surface area contributed by atoms with Gasteiger partial charge < -0.3 is 5.21 Å². The number of carbonyl (C=O) groups is 1. The first-order valence-corrected chi connectivity index (χ1v) is 4.58. The Morgan fingerprint density at radius 1 is 1.42 bits per heavy atom. The Morgan fingerprint density at radius 2 is 1.92 bits per heavy atom. The van der Waals surface area contributed by atoms with E-state index in [-0.39, 0.29) is 5.91 Å². The van der Waals surface area contributed by atoms with Crippen molar-refractivity contribution in [2.45, 2.75) is 38.1 Å². The zero-order valence-corrected chi connectivity index (χ0v) is 8.53. The quantitative estimate of drug-likeness (QED) is 0.559. The molecule has 70 valence electrons. The van der Waals surface area contributed by atoms with Gasteiger partial charge in [0.2, 0.25) is 0 Å². The van der Waals surface area contributed by atoms with Crippen LogP contribution in [0.3, 0.4) is 0 Å². The molecule has 4 nitrogen and oxygen atoms in total. The Kier molecular flexibility index (Phi) is 2.14. The van der Waals surface area contributed by atoms with Gasteiger partial charge in [-0.2, -0.15) is 5.06 Å². The van der Waals surface area contributed by atoms with Crippen molar-refractivity contribution in [3.8, 4) is 0 Å². The number of hydrogen-bond donors (Lipinski definition) is 2. The zero-order valence-electron chi connectivity index (χ0n) is 7.71. The van der Waals surface area contributed by atoms with E-state index in [0.717, 1.165) is 5.06 Å². The van der Waals surface area contributed by atoms with Gasteiger partial charge in [-0.3, -0.25) is 9.52 Å². The molecule has 0 aromatic heterocycles. The van der Waals surface area contributed by atoms with Gasteiger partial charge in [-0.05, 0) is 39.6 Å². The highest BCUT2D eigenvalue weighted by molar-refractivity contribution is 7.99. The van der Waals surface area contributed by atoms with Crippen molar-refractivity contribution in [3.05, 3.63) is 0 Å². The van der Waals surface area contributed by atoms with Crippen molar-refractivity contribution in [2.24, 2.45) is 0 Å². The molecule has 0 aromatic rings. The standard InChI is InChI=1S/C7H14N2O2S/c1-6(2)5(10)8-12-7(3,4)9(6)11/h11H,1-4H3,(H,8,10). The predicted molar refractivity (Wildman–Crippen MR) is 47.5 cm³/mol. The van der Waals surface area contributed by atoms with Crippen molar-refractivity contribution in [3.63, 3.8) is 0 Å². The van der Waals surface area contributed by atoms with Crippen LogP contribution >= 0.6 is 11.9 Å². The minimum absolute atomic E-state index is 0.172. The number of carbonyl (C=O) groups excluding carboxylic acids is 1. The van der Waals surface area contributed by atoms with Crippen LogP contribution in [0.1, 0.15) is 27.7 Å². The van der Waals surface area contributed by atoms with Gasteiger partial charge in [0.1, 0.15) is 10.4 Å². The molecule has 1 amide bonds. The second kappa shape index (κ2) is 2.61. The Bertz CT molecular complexity index is 215. The Hall–Kier alpha value is -0.260. The summed E-state index contributed by atoms with van der Waals surface area (Å²) in [7, 11) is 0. The molecule has 0 radical (unpaired) electrons. The molecular weight excluding hydrogens is 176 g/mol. The lowest BCUT2D eigenvalue weighted by Crippen LogP contribution is -2.63. The van der Waals surface area contributed by atoms with E-state index in [4.69, 9.17) is 0 Å². The molecule has 0 aliphatic carbocycles. The third kappa shape index (κ3) is 1.32. The van der Waals surface area contributed by atoms with E-state index < -0.39 is 10.4 Å². The Morgan fingerprint density at radius 3 is 2.33 bits per heavy atom. The fraction of sp³-hybridized carbons (Fsp3) is 0.857. The molecule has 0 unspecified atom stereocenters. The first-order chi connectivity index (χ1) is 5.28. The first kappa shape index (κ1) is 9.83. The molecule has 2 N–H and O–H groups in total.